The highest BCUT2D eigenvalue weighted by Crippen LogP contribution is 2.40. The zero-order valence-corrected chi connectivity index (χ0v) is 17.6. The lowest BCUT2D eigenvalue weighted by Crippen LogP contribution is -2.71. The van der Waals surface area contributed by atoms with E-state index in [0.29, 0.717) is 15.8 Å². The molecular formula is C14H14IN5O5S2. The summed E-state index contributed by atoms with van der Waals surface area (Å²) in [7, 11) is 1.28. The number of alkyl halides is 1. The first-order valence-electron chi connectivity index (χ1n) is 7.48. The van der Waals surface area contributed by atoms with Gasteiger partial charge in [-0.2, -0.15) is 0 Å². The van der Waals surface area contributed by atoms with Gasteiger partial charge in [-0.3, -0.25) is 14.5 Å². The van der Waals surface area contributed by atoms with Crippen molar-refractivity contribution in [1.82, 2.24) is 15.2 Å². The smallest absolute Gasteiger partial charge is 0.352 e. The Morgan fingerprint density at radius 1 is 1.59 bits per heavy atom. The Balaban J connectivity index is 1.79. The van der Waals surface area contributed by atoms with Crippen LogP contribution in [0.15, 0.2) is 21.8 Å². The number of β-lactam (4-membered cyclic amide) rings is 1. The van der Waals surface area contributed by atoms with Gasteiger partial charge in [0.2, 0.25) is 0 Å². The molecule has 2 atom stereocenters. The van der Waals surface area contributed by atoms with E-state index in [9.17, 15) is 19.5 Å². The summed E-state index contributed by atoms with van der Waals surface area (Å²) in [6, 6.07) is -0.856. The molecule has 0 unspecified atom stereocenters. The van der Waals surface area contributed by atoms with Gasteiger partial charge in [-0.15, -0.1) is 23.1 Å². The Hall–Kier alpha value is -1.87. The van der Waals surface area contributed by atoms with Gasteiger partial charge in [0.25, 0.3) is 11.8 Å². The molecule has 0 bridgehead atoms. The largest absolute Gasteiger partial charge is 0.477 e. The lowest BCUT2D eigenvalue weighted by atomic mass is 10.0. The molecule has 2 amide bonds. The lowest BCUT2D eigenvalue weighted by molar-refractivity contribution is -0.150. The number of nitrogens with one attached hydrogen (secondary N) is 1. The van der Waals surface area contributed by atoms with Crippen LogP contribution in [0.2, 0.25) is 0 Å². The molecule has 13 heteroatoms. The molecule has 3 rings (SSSR count). The number of amides is 2. The van der Waals surface area contributed by atoms with Crippen molar-refractivity contribution in [3.63, 3.8) is 0 Å². The fourth-order valence-electron chi connectivity index (χ4n) is 2.69. The van der Waals surface area contributed by atoms with Gasteiger partial charge in [0.1, 0.15) is 29.9 Å². The third-order valence-electron chi connectivity index (χ3n) is 3.86. The maximum Gasteiger partial charge on any atom is 0.352 e. The highest BCUT2D eigenvalue weighted by molar-refractivity contribution is 14.1. The number of oxime groups is 1. The van der Waals surface area contributed by atoms with E-state index in [1.807, 2.05) is 0 Å². The van der Waals surface area contributed by atoms with Gasteiger partial charge in [0, 0.05) is 15.6 Å². The van der Waals surface area contributed by atoms with Crippen LogP contribution in [0.4, 0.5) is 5.13 Å². The average molecular weight is 523 g/mol. The molecule has 1 saturated heterocycles. The predicted octanol–water partition coefficient (Wildman–Crippen LogP) is 0.249. The topological polar surface area (TPSA) is 147 Å². The van der Waals surface area contributed by atoms with E-state index >= 15 is 0 Å². The Labute approximate surface area is 175 Å². The zero-order valence-electron chi connectivity index (χ0n) is 13.8. The van der Waals surface area contributed by atoms with Crippen molar-refractivity contribution in [2.45, 2.75) is 11.4 Å². The van der Waals surface area contributed by atoms with E-state index in [2.05, 4.69) is 38.0 Å². The lowest BCUT2D eigenvalue weighted by Gasteiger charge is -2.49. The number of thiazole rings is 1. The molecule has 2 aliphatic heterocycles. The van der Waals surface area contributed by atoms with E-state index in [1.54, 1.807) is 5.38 Å². The van der Waals surface area contributed by atoms with Gasteiger partial charge in [0.05, 0.1) is 0 Å². The van der Waals surface area contributed by atoms with Crippen LogP contribution in [0, 0.1) is 0 Å². The molecule has 3 heterocycles. The standard InChI is InChI=1S/C14H14IN5O5S2/c1-25-19-7(6-4-27-14(16)17-6)10(21)18-8-11(22)20-9(13(23)24)5(2-15)3-26-12(8)20/h4,8,12H,2-3H2,1H3,(H2,16,17)(H,18,21)(H,23,24)/b19-7-/t8-,12-/m1/s1. The summed E-state index contributed by atoms with van der Waals surface area (Å²) in [4.78, 5) is 46.6. The molecule has 2 aliphatic rings. The quantitative estimate of drug-likeness (QED) is 0.158. The SMILES string of the molecule is CO/N=C(\C(=O)N[C@@H]1C(=O)N2C(C(=O)O)=C(CI)CS[C@H]12)c1csc(N)n1. The Morgan fingerprint density at radius 3 is 2.89 bits per heavy atom. The van der Waals surface area contributed by atoms with Crippen LogP contribution in [0.25, 0.3) is 0 Å². The third kappa shape index (κ3) is 3.62. The number of aliphatic carboxylic acids is 1. The maximum atomic E-state index is 12.6. The van der Waals surface area contributed by atoms with Crippen molar-refractivity contribution in [3.05, 3.63) is 22.3 Å². The molecule has 0 saturated carbocycles. The molecule has 1 fully saturated rings. The van der Waals surface area contributed by atoms with Crippen molar-refractivity contribution in [3.8, 4) is 0 Å². The second kappa shape index (κ2) is 8.02. The number of carboxylic acids is 1. The van der Waals surface area contributed by atoms with Gasteiger partial charge < -0.3 is 21.0 Å². The number of nitrogens with zero attached hydrogens (tertiary/aromatic N) is 3. The summed E-state index contributed by atoms with van der Waals surface area (Å²) in [5.41, 5.74) is 6.39. The fourth-order valence-corrected chi connectivity index (χ4v) is 5.58. The van der Waals surface area contributed by atoms with Crippen molar-refractivity contribution in [2.75, 3.05) is 23.0 Å². The van der Waals surface area contributed by atoms with Crippen LogP contribution >= 0.6 is 45.7 Å². The number of halogens is 1. The minimum absolute atomic E-state index is 0.00158. The van der Waals surface area contributed by atoms with Crippen LogP contribution in [-0.2, 0) is 19.2 Å². The molecule has 1 aromatic heterocycles. The average Bonchev–Trinajstić information content (AvgIpc) is 3.08. The molecule has 0 aliphatic carbocycles. The molecule has 0 aromatic carbocycles. The van der Waals surface area contributed by atoms with Crippen molar-refractivity contribution in [2.24, 2.45) is 5.16 Å². The van der Waals surface area contributed by atoms with E-state index in [1.165, 1.54) is 23.8 Å². The molecule has 4 N–H and O–H groups in total. The van der Waals surface area contributed by atoms with Crippen LogP contribution in [0.5, 0.6) is 0 Å². The van der Waals surface area contributed by atoms with Gasteiger partial charge in [-0.1, -0.05) is 27.7 Å². The number of fused-ring (bicyclic) bond motifs is 1. The molecule has 27 heavy (non-hydrogen) atoms. The third-order valence-corrected chi connectivity index (χ3v) is 6.79. The van der Waals surface area contributed by atoms with E-state index in [-0.39, 0.29) is 22.2 Å². The van der Waals surface area contributed by atoms with Gasteiger partial charge in [0.15, 0.2) is 10.8 Å². The zero-order chi connectivity index (χ0) is 19.7. The number of carbonyl (C=O) groups is 3. The molecule has 0 spiro atoms. The second-order valence-corrected chi connectivity index (χ2v) is 8.20. The summed E-state index contributed by atoms with van der Waals surface area (Å²) in [6.07, 6.45) is 0. The van der Waals surface area contributed by atoms with Crippen LogP contribution in [-0.4, -0.2) is 67.2 Å². The number of nitrogen functional groups attached to an aromatic ring is 1. The number of thioether (sulfide) groups is 1. The first kappa shape index (κ1) is 19.9. The Kier molecular flexibility index (Phi) is 5.90. The van der Waals surface area contributed by atoms with E-state index in [4.69, 9.17) is 10.6 Å². The summed E-state index contributed by atoms with van der Waals surface area (Å²) >= 11 is 4.61. The number of rotatable bonds is 6. The van der Waals surface area contributed by atoms with E-state index in [0.717, 1.165) is 11.3 Å². The number of carboxylic acid groups (broad SMARTS) is 1. The first-order chi connectivity index (χ1) is 12.9. The highest BCUT2D eigenvalue weighted by Gasteiger charge is 2.54. The number of anilines is 1. The van der Waals surface area contributed by atoms with Crippen molar-refractivity contribution >= 4 is 74.3 Å². The minimum Gasteiger partial charge on any atom is -0.477 e. The number of hydrogen-bond donors (Lipinski definition) is 3. The fraction of sp³-hybridized carbons (Fsp3) is 0.357. The molecule has 0 radical (unpaired) electrons. The van der Waals surface area contributed by atoms with Gasteiger partial charge in [-0.05, 0) is 5.57 Å². The normalized spacial score (nSPS) is 22.2. The van der Waals surface area contributed by atoms with Crippen LogP contribution in [0.3, 0.4) is 0 Å². The summed E-state index contributed by atoms with van der Waals surface area (Å²) in [5, 5.41) is 17.0. The number of carbonyl (C=O) groups excluding carboxylic acids is 2. The molecular weight excluding hydrogens is 509 g/mol. The number of aromatic nitrogens is 1. The maximum absolute atomic E-state index is 12.6. The Morgan fingerprint density at radius 2 is 2.33 bits per heavy atom. The first-order valence-corrected chi connectivity index (χ1v) is 10.9. The number of hydrogen-bond acceptors (Lipinski definition) is 9. The number of nitrogens with two attached hydrogens (primary N) is 1. The predicted molar refractivity (Wildman–Crippen MR) is 109 cm³/mol. The second-order valence-electron chi connectivity index (χ2n) is 5.45. The van der Waals surface area contributed by atoms with Crippen LogP contribution < -0.4 is 11.1 Å². The van der Waals surface area contributed by atoms with Crippen LogP contribution in [0.1, 0.15) is 5.69 Å². The van der Waals surface area contributed by atoms with Crippen molar-refractivity contribution < 1.29 is 24.3 Å². The monoisotopic (exact) mass is 523 g/mol. The summed E-state index contributed by atoms with van der Waals surface area (Å²) in [6.45, 7) is 0. The molecule has 10 nitrogen and oxygen atoms in total. The Bertz CT molecular complexity index is 870. The molecule has 1 aromatic rings. The summed E-state index contributed by atoms with van der Waals surface area (Å²) < 4.78 is 0.510. The summed E-state index contributed by atoms with van der Waals surface area (Å²) in [5.74, 6) is -1.80. The molecule has 144 valence electrons. The minimum atomic E-state index is -1.15. The van der Waals surface area contributed by atoms with Gasteiger partial charge in [-0.25, -0.2) is 9.78 Å². The highest BCUT2D eigenvalue weighted by atomic mass is 127. The van der Waals surface area contributed by atoms with Gasteiger partial charge >= 0.3 is 5.97 Å². The van der Waals surface area contributed by atoms with Crippen molar-refractivity contribution in [1.29, 1.82) is 0 Å². The van der Waals surface area contributed by atoms with E-state index < -0.39 is 29.2 Å².